The molecule has 0 amide bonds. The van der Waals surface area contributed by atoms with Crippen LogP contribution in [0.4, 0.5) is 5.00 Å². The molecule has 0 bridgehead atoms. The van der Waals surface area contributed by atoms with E-state index in [1.54, 1.807) is 0 Å². The number of nitrogens with zero attached hydrogens (tertiary/aromatic N) is 3. The summed E-state index contributed by atoms with van der Waals surface area (Å²) < 4.78 is 3.95. The fourth-order valence-electron chi connectivity index (χ4n) is 1.73. The maximum Gasteiger partial charge on any atom is 0.134 e. The summed E-state index contributed by atoms with van der Waals surface area (Å²) in [6, 6.07) is 7.89. The van der Waals surface area contributed by atoms with E-state index in [0.29, 0.717) is 0 Å². The third kappa shape index (κ3) is 3.19. The van der Waals surface area contributed by atoms with Crippen LogP contribution in [-0.4, -0.2) is 28.6 Å². The van der Waals surface area contributed by atoms with Crippen LogP contribution in [0.2, 0.25) is 5.02 Å². The smallest absolute Gasteiger partial charge is 0.134 e. The lowest BCUT2D eigenvalue weighted by molar-refractivity contribution is 0.315. The second kappa shape index (κ2) is 6.13. The Hall–Kier alpha value is -1.17. The van der Waals surface area contributed by atoms with Gasteiger partial charge in [-0.3, -0.25) is 4.90 Å². The Morgan fingerprint density at radius 2 is 2.11 bits per heavy atom. The van der Waals surface area contributed by atoms with Gasteiger partial charge in [-0.05, 0) is 18.7 Å². The summed E-state index contributed by atoms with van der Waals surface area (Å²) in [6.45, 7) is 1.54. The van der Waals surface area contributed by atoms with E-state index < -0.39 is 0 Å². The largest absolute Gasteiger partial charge is 0.377 e. The summed E-state index contributed by atoms with van der Waals surface area (Å²) in [6.07, 6.45) is 0. The molecule has 0 atom stereocenters. The number of hydrogen-bond donors (Lipinski definition) is 1. The van der Waals surface area contributed by atoms with Crippen LogP contribution in [0.25, 0.3) is 0 Å². The molecule has 0 radical (unpaired) electrons. The highest BCUT2D eigenvalue weighted by molar-refractivity contribution is 7.10. The molecule has 1 aromatic carbocycles. The minimum absolute atomic E-state index is 0.748. The van der Waals surface area contributed by atoms with Crippen LogP contribution in [0, 0.1) is 0 Å². The van der Waals surface area contributed by atoms with Crippen LogP contribution >= 0.6 is 23.1 Å². The number of aromatic nitrogens is 2. The van der Waals surface area contributed by atoms with E-state index in [-0.39, 0.29) is 0 Å². The summed E-state index contributed by atoms with van der Waals surface area (Å²) in [5, 5.41) is 9.03. The van der Waals surface area contributed by atoms with Crippen molar-refractivity contribution in [3.63, 3.8) is 0 Å². The van der Waals surface area contributed by atoms with Crippen molar-refractivity contribution in [3.8, 4) is 0 Å². The first kappa shape index (κ1) is 13.3. The zero-order valence-corrected chi connectivity index (χ0v) is 11.9. The summed E-state index contributed by atoms with van der Waals surface area (Å²) in [7, 11) is 3.93. The maximum atomic E-state index is 6.14. The maximum absolute atomic E-state index is 6.14. The van der Waals surface area contributed by atoms with E-state index in [1.165, 1.54) is 11.5 Å². The van der Waals surface area contributed by atoms with E-state index in [4.69, 9.17) is 11.6 Å². The van der Waals surface area contributed by atoms with Crippen LogP contribution < -0.4 is 5.32 Å². The van der Waals surface area contributed by atoms with Gasteiger partial charge in [-0.2, -0.15) is 0 Å². The quantitative estimate of drug-likeness (QED) is 0.916. The molecule has 0 aliphatic rings. The molecule has 1 N–H and O–H groups in total. The molecule has 0 aliphatic carbocycles. The van der Waals surface area contributed by atoms with Gasteiger partial charge in [0.25, 0.3) is 0 Å². The van der Waals surface area contributed by atoms with Crippen LogP contribution in [0.15, 0.2) is 24.3 Å². The predicted molar refractivity (Wildman–Crippen MR) is 76.1 cm³/mol. The average molecular weight is 283 g/mol. The van der Waals surface area contributed by atoms with Crippen molar-refractivity contribution in [2.75, 3.05) is 19.4 Å². The molecule has 0 saturated carbocycles. The zero-order chi connectivity index (χ0) is 13.0. The van der Waals surface area contributed by atoms with E-state index in [1.807, 2.05) is 38.4 Å². The number of benzene rings is 1. The summed E-state index contributed by atoms with van der Waals surface area (Å²) in [4.78, 5) is 2.17. The molecule has 1 aromatic heterocycles. The van der Waals surface area contributed by atoms with Gasteiger partial charge < -0.3 is 5.32 Å². The van der Waals surface area contributed by atoms with E-state index in [2.05, 4.69) is 19.8 Å². The molecule has 0 unspecified atom stereocenters. The van der Waals surface area contributed by atoms with Crippen LogP contribution in [0.3, 0.4) is 0 Å². The molecule has 2 rings (SSSR count). The van der Waals surface area contributed by atoms with E-state index in [0.717, 1.165) is 34.4 Å². The Morgan fingerprint density at radius 3 is 2.83 bits per heavy atom. The summed E-state index contributed by atoms with van der Waals surface area (Å²) in [5.41, 5.74) is 2.09. The fourth-order valence-corrected chi connectivity index (χ4v) is 2.45. The van der Waals surface area contributed by atoms with Crippen molar-refractivity contribution in [2.24, 2.45) is 0 Å². The van der Waals surface area contributed by atoms with Gasteiger partial charge in [0.05, 0.1) is 0 Å². The SMILES string of the molecule is CNc1snnc1CN(C)Cc1ccccc1Cl. The normalized spacial score (nSPS) is 10.9. The van der Waals surface area contributed by atoms with Gasteiger partial charge in [0.1, 0.15) is 10.7 Å². The molecule has 0 aliphatic heterocycles. The van der Waals surface area contributed by atoms with Crippen molar-refractivity contribution in [1.29, 1.82) is 0 Å². The lowest BCUT2D eigenvalue weighted by Gasteiger charge is -2.16. The first-order chi connectivity index (χ1) is 8.70. The lowest BCUT2D eigenvalue weighted by Crippen LogP contribution is -2.18. The number of hydrogen-bond acceptors (Lipinski definition) is 5. The average Bonchev–Trinajstić information content (AvgIpc) is 2.79. The van der Waals surface area contributed by atoms with Crippen molar-refractivity contribution in [3.05, 3.63) is 40.5 Å². The van der Waals surface area contributed by atoms with Gasteiger partial charge in [0.15, 0.2) is 0 Å². The molecule has 0 saturated heterocycles. The third-order valence-electron chi connectivity index (χ3n) is 2.60. The Balaban J connectivity index is 2.01. The highest BCUT2D eigenvalue weighted by atomic mass is 35.5. The fraction of sp³-hybridized carbons (Fsp3) is 0.333. The molecule has 1 heterocycles. The van der Waals surface area contributed by atoms with Crippen LogP contribution in [0.5, 0.6) is 0 Å². The third-order valence-corrected chi connectivity index (χ3v) is 3.75. The summed E-state index contributed by atoms with van der Waals surface area (Å²) in [5.74, 6) is 0. The zero-order valence-electron chi connectivity index (χ0n) is 10.4. The Kier molecular flexibility index (Phi) is 4.52. The monoisotopic (exact) mass is 282 g/mol. The molecule has 18 heavy (non-hydrogen) atoms. The second-order valence-corrected chi connectivity index (χ2v) is 5.22. The van der Waals surface area contributed by atoms with Crippen molar-refractivity contribution >= 4 is 28.1 Å². The number of rotatable bonds is 5. The van der Waals surface area contributed by atoms with Crippen molar-refractivity contribution in [1.82, 2.24) is 14.5 Å². The number of anilines is 1. The lowest BCUT2D eigenvalue weighted by atomic mass is 10.2. The number of halogens is 1. The van der Waals surface area contributed by atoms with Crippen molar-refractivity contribution in [2.45, 2.75) is 13.1 Å². The van der Waals surface area contributed by atoms with Gasteiger partial charge >= 0.3 is 0 Å². The highest BCUT2D eigenvalue weighted by Gasteiger charge is 2.10. The van der Waals surface area contributed by atoms with Crippen LogP contribution in [0.1, 0.15) is 11.3 Å². The predicted octanol–water partition coefficient (Wildman–Crippen LogP) is 2.87. The van der Waals surface area contributed by atoms with Gasteiger partial charge in [-0.1, -0.05) is 34.3 Å². The summed E-state index contributed by atoms with van der Waals surface area (Å²) >= 11 is 7.52. The first-order valence-electron chi connectivity index (χ1n) is 5.61. The van der Waals surface area contributed by atoms with E-state index in [9.17, 15) is 0 Å². The topological polar surface area (TPSA) is 41.1 Å². The molecule has 4 nitrogen and oxygen atoms in total. The molecule has 0 spiro atoms. The molecular weight excluding hydrogens is 268 g/mol. The molecule has 6 heteroatoms. The second-order valence-electron chi connectivity index (χ2n) is 4.06. The Morgan fingerprint density at radius 1 is 1.33 bits per heavy atom. The minimum Gasteiger partial charge on any atom is -0.377 e. The van der Waals surface area contributed by atoms with Gasteiger partial charge in [-0.15, -0.1) is 5.10 Å². The first-order valence-corrected chi connectivity index (χ1v) is 6.76. The highest BCUT2D eigenvalue weighted by Crippen LogP contribution is 2.20. The van der Waals surface area contributed by atoms with Gasteiger partial charge in [-0.25, -0.2) is 0 Å². The minimum atomic E-state index is 0.748. The van der Waals surface area contributed by atoms with Crippen molar-refractivity contribution < 1.29 is 0 Å². The Labute approximate surface area is 116 Å². The molecule has 96 valence electrons. The number of nitrogens with one attached hydrogen (secondary N) is 1. The van der Waals surface area contributed by atoms with E-state index >= 15 is 0 Å². The van der Waals surface area contributed by atoms with Gasteiger partial charge in [0.2, 0.25) is 0 Å². The van der Waals surface area contributed by atoms with Crippen LogP contribution in [-0.2, 0) is 13.1 Å². The molecule has 2 aromatic rings. The van der Waals surface area contributed by atoms with Gasteiger partial charge in [0, 0.05) is 36.7 Å². The molecular formula is C12H15ClN4S. The molecule has 0 fully saturated rings. The standard InChI is InChI=1S/C12H15ClN4S/c1-14-12-11(15-16-18-12)8-17(2)7-9-5-3-4-6-10(9)13/h3-6,14H,7-8H2,1-2H3. The Bertz CT molecular complexity index is 514.